The minimum atomic E-state index is -0.527. The van der Waals surface area contributed by atoms with Crippen LogP contribution in [0.15, 0.2) is 30.3 Å². The summed E-state index contributed by atoms with van der Waals surface area (Å²) in [5.74, 6) is 0.119. The maximum Gasteiger partial charge on any atom is 0.338 e. The quantitative estimate of drug-likeness (QED) is 0.493. The Hall–Kier alpha value is -2.11. The fourth-order valence-corrected chi connectivity index (χ4v) is 2.41. The van der Waals surface area contributed by atoms with E-state index >= 15 is 0 Å². The number of rotatable bonds is 4. The molecule has 5 heteroatoms. The van der Waals surface area contributed by atoms with Crippen LogP contribution in [-0.2, 0) is 11.3 Å². The van der Waals surface area contributed by atoms with Crippen LogP contribution in [0.3, 0.4) is 0 Å². The van der Waals surface area contributed by atoms with Gasteiger partial charge in [0.1, 0.15) is 12.3 Å². The molecule has 112 valence electrons. The lowest BCUT2D eigenvalue weighted by molar-refractivity contribution is -0.853. The van der Waals surface area contributed by atoms with Crippen LogP contribution in [0.25, 0.3) is 10.8 Å². The second-order valence-electron chi connectivity index (χ2n) is 5.37. The van der Waals surface area contributed by atoms with E-state index in [1.165, 1.54) is 7.11 Å². The van der Waals surface area contributed by atoms with Crippen molar-refractivity contribution in [2.24, 2.45) is 0 Å². The fourth-order valence-electron chi connectivity index (χ4n) is 2.41. The normalized spacial score (nSPS) is 11.5. The molecule has 0 aliphatic carbocycles. The smallest absolute Gasteiger partial charge is 0.338 e. The Morgan fingerprint density at radius 2 is 1.81 bits per heavy atom. The molecule has 2 rings (SSSR count). The van der Waals surface area contributed by atoms with Gasteiger partial charge in [0.2, 0.25) is 0 Å². The molecular formula is C16H19NO4. The van der Waals surface area contributed by atoms with Crippen LogP contribution in [0.1, 0.15) is 15.9 Å². The Labute approximate surface area is 123 Å². The molecule has 0 N–H and O–H groups in total. The second kappa shape index (κ2) is 5.71. The van der Waals surface area contributed by atoms with E-state index in [-0.39, 0.29) is 6.54 Å². The Bertz CT molecular complexity index is 674. The molecule has 0 heterocycles. The Balaban J connectivity index is 2.79. The number of hydrogen-bond donors (Lipinski definition) is 0. The highest BCUT2D eigenvalue weighted by Gasteiger charge is 2.21. The average molecular weight is 289 g/mol. The van der Waals surface area contributed by atoms with Gasteiger partial charge in [-0.1, -0.05) is 24.3 Å². The zero-order chi connectivity index (χ0) is 15.6. The molecule has 0 unspecified atom stereocenters. The van der Waals surface area contributed by atoms with Crippen molar-refractivity contribution >= 4 is 16.7 Å². The molecular weight excluding hydrogens is 270 g/mol. The minimum absolute atomic E-state index is 0.176. The number of hydroxylamine groups is 3. The predicted octanol–water partition coefficient (Wildman–Crippen LogP) is 2.71. The summed E-state index contributed by atoms with van der Waals surface area (Å²) < 4.78 is 9.67. The van der Waals surface area contributed by atoms with Gasteiger partial charge in [0.15, 0.2) is 0 Å². The van der Waals surface area contributed by atoms with Crippen LogP contribution in [0, 0.1) is 5.21 Å². The lowest BCUT2D eigenvalue weighted by Crippen LogP contribution is -2.32. The number of fused-ring (bicyclic) bond motifs is 1. The van der Waals surface area contributed by atoms with Crippen molar-refractivity contribution in [2.45, 2.75) is 6.54 Å². The maximum atomic E-state index is 12.1. The minimum Gasteiger partial charge on any atom is -0.633 e. The van der Waals surface area contributed by atoms with Gasteiger partial charge in [0, 0.05) is 10.9 Å². The van der Waals surface area contributed by atoms with Crippen LogP contribution in [-0.4, -0.2) is 38.9 Å². The van der Waals surface area contributed by atoms with Crippen LogP contribution >= 0.6 is 0 Å². The van der Waals surface area contributed by atoms with E-state index in [0.29, 0.717) is 16.9 Å². The van der Waals surface area contributed by atoms with Crippen molar-refractivity contribution in [2.75, 3.05) is 28.3 Å². The third kappa shape index (κ3) is 3.15. The second-order valence-corrected chi connectivity index (χ2v) is 5.37. The summed E-state index contributed by atoms with van der Waals surface area (Å²) in [5, 5.41) is 13.8. The number of quaternary nitrogens is 1. The number of esters is 1. The zero-order valence-electron chi connectivity index (χ0n) is 12.7. The summed E-state index contributed by atoms with van der Waals surface area (Å²) >= 11 is 0. The predicted molar refractivity (Wildman–Crippen MR) is 81.0 cm³/mol. The van der Waals surface area contributed by atoms with Crippen molar-refractivity contribution in [3.8, 4) is 5.75 Å². The molecule has 2 aromatic carbocycles. The molecule has 0 aliphatic rings. The van der Waals surface area contributed by atoms with E-state index in [0.717, 1.165) is 10.8 Å². The van der Waals surface area contributed by atoms with Crippen LogP contribution in [0.5, 0.6) is 5.75 Å². The van der Waals surface area contributed by atoms with Gasteiger partial charge in [-0.15, -0.1) is 0 Å². The van der Waals surface area contributed by atoms with Crippen molar-refractivity contribution in [3.63, 3.8) is 0 Å². The Morgan fingerprint density at radius 3 is 2.33 bits per heavy atom. The van der Waals surface area contributed by atoms with Crippen molar-refractivity contribution in [1.82, 2.24) is 0 Å². The van der Waals surface area contributed by atoms with Crippen molar-refractivity contribution in [3.05, 3.63) is 46.7 Å². The molecule has 5 nitrogen and oxygen atoms in total. The summed E-state index contributed by atoms with van der Waals surface area (Å²) in [5.41, 5.74) is 1.05. The van der Waals surface area contributed by atoms with Gasteiger partial charge in [-0.2, -0.15) is 0 Å². The number of carbonyl (C=O) groups is 1. The summed E-state index contributed by atoms with van der Waals surface area (Å²) in [7, 11) is 5.96. The Morgan fingerprint density at radius 1 is 1.19 bits per heavy atom. The number of hydrogen-bond acceptors (Lipinski definition) is 4. The first kappa shape index (κ1) is 15.3. The van der Waals surface area contributed by atoms with Gasteiger partial charge in [-0.3, -0.25) is 0 Å². The van der Waals surface area contributed by atoms with E-state index in [1.54, 1.807) is 27.3 Å². The first-order valence-corrected chi connectivity index (χ1v) is 6.58. The molecule has 0 fully saturated rings. The SMILES string of the molecule is COC(=O)c1cc(OC)c2ccccc2c1C[N+](C)(C)[O-]. The van der Waals surface area contributed by atoms with Crippen LogP contribution in [0.4, 0.5) is 0 Å². The molecule has 2 aromatic rings. The van der Waals surface area contributed by atoms with Gasteiger partial charge < -0.3 is 19.3 Å². The highest BCUT2D eigenvalue weighted by molar-refractivity contribution is 6.01. The number of benzene rings is 2. The maximum absolute atomic E-state index is 12.1. The van der Waals surface area contributed by atoms with Crippen LogP contribution in [0.2, 0.25) is 0 Å². The highest BCUT2D eigenvalue weighted by atomic mass is 16.5. The molecule has 0 saturated heterocycles. The van der Waals surface area contributed by atoms with Gasteiger partial charge in [0.25, 0.3) is 0 Å². The molecule has 0 spiro atoms. The number of nitrogens with zero attached hydrogens (tertiary/aromatic N) is 1. The largest absolute Gasteiger partial charge is 0.633 e. The van der Waals surface area contributed by atoms with Crippen molar-refractivity contribution in [1.29, 1.82) is 0 Å². The lowest BCUT2D eigenvalue weighted by Gasteiger charge is -2.34. The first-order chi connectivity index (χ1) is 9.87. The summed E-state index contributed by atoms with van der Waals surface area (Å²) in [6.45, 7) is 0.176. The lowest BCUT2D eigenvalue weighted by atomic mass is 9.97. The monoisotopic (exact) mass is 289 g/mol. The van der Waals surface area contributed by atoms with Gasteiger partial charge in [0.05, 0.1) is 33.9 Å². The van der Waals surface area contributed by atoms with Gasteiger partial charge in [-0.25, -0.2) is 4.79 Å². The highest BCUT2D eigenvalue weighted by Crippen LogP contribution is 2.33. The topological polar surface area (TPSA) is 58.6 Å². The van der Waals surface area contributed by atoms with Gasteiger partial charge in [-0.05, 0) is 11.5 Å². The summed E-state index contributed by atoms with van der Waals surface area (Å²) in [6, 6.07) is 9.19. The molecule has 0 aromatic heterocycles. The van der Waals surface area contributed by atoms with E-state index < -0.39 is 10.6 Å². The summed E-state index contributed by atoms with van der Waals surface area (Å²) in [4.78, 5) is 12.0. The van der Waals surface area contributed by atoms with E-state index in [4.69, 9.17) is 9.47 Å². The molecule has 0 amide bonds. The molecule has 0 atom stereocenters. The molecule has 0 bridgehead atoms. The van der Waals surface area contributed by atoms with E-state index in [9.17, 15) is 10.0 Å². The van der Waals surface area contributed by atoms with Crippen LogP contribution < -0.4 is 4.74 Å². The third-order valence-corrected chi connectivity index (χ3v) is 3.28. The van der Waals surface area contributed by atoms with E-state index in [1.807, 2.05) is 24.3 Å². The first-order valence-electron chi connectivity index (χ1n) is 6.58. The molecule has 0 radical (unpaired) electrons. The average Bonchev–Trinajstić information content (AvgIpc) is 2.45. The molecule has 0 saturated carbocycles. The Kier molecular flexibility index (Phi) is 4.16. The van der Waals surface area contributed by atoms with Gasteiger partial charge >= 0.3 is 5.97 Å². The summed E-state index contributed by atoms with van der Waals surface area (Å²) in [6.07, 6.45) is 0. The van der Waals surface area contributed by atoms with Crippen molar-refractivity contribution < 1.29 is 18.9 Å². The molecule has 0 aliphatic heterocycles. The van der Waals surface area contributed by atoms with E-state index in [2.05, 4.69) is 0 Å². The number of carbonyl (C=O) groups excluding carboxylic acids is 1. The standard InChI is InChI=1S/C16H19NO4/c1-17(2,19)10-14-11-7-5-6-8-12(11)15(20-3)9-13(14)16(18)21-4/h5-9H,10H2,1-4H3. The third-order valence-electron chi connectivity index (χ3n) is 3.28. The fraction of sp³-hybridized carbons (Fsp3) is 0.312. The number of ether oxygens (including phenoxy) is 2. The zero-order valence-corrected chi connectivity index (χ0v) is 12.7. The molecule has 21 heavy (non-hydrogen) atoms. The number of methoxy groups -OCH3 is 2.